The molecule has 22 heavy (non-hydrogen) atoms. The third-order valence-electron chi connectivity index (χ3n) is 3.90. The number of carbonyl (C=O) groups is 1. The van der Waals surface area contributed by atoms with Crippen LogP contribution in [0.4, 0.5) is 10.1 Å². The van der Waals surface area contributed by atoms with Crippen LogP contribution in [0.25, 0.3) is 22.2 Å². The zero-order chi connectivity index (χ0) is 15.1. The molecule has 0 atom stereocenters. The number of amides is 1. The number of hydrogen-bond acceptors (Lipinski definition) is 2. The molecule has 0 aliphatic heterocycles. The molecule has 5 heteroatoms. The third-order valence-corrected chi connectivity index (χ3v) is 3.90. The maximum Gasteiger partial charge on any atom is 0.227 e. The van der Waals surface area contributed by atoms with Gasteiger partial charge in [-0.1, -0.05) is 0 Å². The number of aromatic nitrogens is 2. The predicted octanol–water partition coefficient (Wildman–Crippen LogP) is 3.72. The molecule has 0 saturated heterocycles. The molecule has 1 aromatic heterocycles. The van der Waals surface area contributed by atoms with E-state index < -0.39 is 0 Å². The van der Waals surface area contributed by atoms with E-state index in [1.165, 1.54) is 12.1 Å². The molecule has 2 aromatic carbocycles. The number of anilines is 1. The molecular weight excluding hydrogens is 281 g/mol. The Morgan fingerprint density at radius 3 is 2.68 bits per heavy atom. The van der Waals surface area contributed by atoms with Crippen LogP contribution >= 0.6 is 0 Å². The molecule has 3 aromatic rings. The number of carbonyl (C=O) groups excluding carboxylic acids is 1. The van der Waals surface area contributed by atoms with Crippen molar-refractivity contribution in [2.24, 2.45) is 5.92 Å². The Morgan fingerprint density at radius 2 is 1.95 bits per heavy atom. The lowest BCUT2D eigenvalue weighted by molar-refractivity contribution is -0.117. The predicted molar refractivity (Wildman–Crippen MR) is 82.8 cm³/mol. The fourth-order valence-corrected chi connectivity index (χ4v) is 2.51. The Labute approximate surface area is 126 Å². The van der Waals surface area contributed by atoms with Gasteiger partial charge < -0.3 is 5.32 Å². The molecule has 0 bridgehead atoms. The van der Waals surface area contributed by atoms with Gasteiger partial charge in [0.05, 0.1) is 11.2 Å². The summed E-state index contributed by atoms with van der Waals surface area (Å²) < 4.78 is 13.1. The van der Waals surface area contributed by atoms with E-state index in [0.717, 1.165) is 40.7 Å². The van der Waals surface area contributed by atoms with Crippen molar-refractivity contribution in [1.82, 2.24) is 10.2 Å². The van der Waals surface area contributed by atoms with Gasteiger partial charge in [-0.25, -0.2) is 4.39 Å². The Morgan fingerprint density at radius 1 is 1.18 bits per heavy atom. The summed E-state index contributed by atoms with van der Waals surface area (Å²) in [5.74, 6) is -0.0382. The van der Waals surface area contributed by atoms with Crippen molar-refractivity contribution in [3.05, 3.63) is 48.3 Å². The van der Waals surface area contributed by atoms with Crippen LogP contribution in [0.3, 0.4) is 0 Å². The number of aromatic amines is 1. The summed E-state index contributed by atoms with van der Waals surface area (Å²) in [6, 6.07) is 11.9. The van der Waals surface area contributed by atoms with Gasteiger partial charge in [0.2, 0.25) is 5.91 Å². The second-order valence-electron chi connectivity index (χ2n) is 5.60. The van der Waals surface area contributed by atoms with E-state index in [2.05, 4.69) is 15.5 Å². The highest BCUT2D eigenvalue weighted by Gasteiger charge is 2.29. The Hall–Kier alpha value is -2.69. The van der Waals surface area contributed by atoms with Gasteiger partial charge in [0.1, 0.15) is 5.82 Å². The number of fused-ring (bicyclic) bond motifs is 1. The van der Waals surface area contributed by atoms with Crippen molar-refractivity contribution in [2.75, 3.05) is 5.32 Å². The zero-order valence-electron chi connectivity index (χ0n) is 11.8. The number of H-pyrrole nitrogens is 1. The van der Waals surface area contributed by atoms with E-state index in [4.69, 9.17) is 0 Å². The van der Waals surface area contributed by atoms with Crippen LogP contribution in [0.5, 0.6) is 0 Å². The van der Waals surface area contributed by atoms with Crippen molar-refractivity contribution < 1.29 is 9.18 Å². The highest BCUT2D eigenvalue weighted by molar-refractivity contribution is 5.99. The standard InChI is InChI=1S/C17H14FN3O/c18-12-5-3-10(4-6-12)16-14-9-13(7-8-15(14)20-21-16)19-17(22)11-1-2-11/h3-9,11H,1-2H2,(H,19,22)(H,20,21). The van der Waals surface area contributed by atoms with Crippen molar-refractivity contribution in [3.8, 4) is 11.3 Å². The highest BCUT2D eigenvalue weighted by Crippen LogP contribution is 2.32. The fourth-order valence-electron chi connectivity index (χ4n) is 2.51. The molecule has 1 saturated carbocycles. The molecule has 2 N–H and O–H groups in total. The minimum Gasteiger partial charge on any atom is -0.326 e. The van der Waals surface area contributed by atoms with Gasteiger partial charge in [-0.05, 0) is 55.3 Å². The minimum atomic E-state index is -0.277. The van der Waals surface area contributed by atoms with Gasteiger partial charge in [0.15, 0.2) is 0 Å². The Balaban J connectivity index is 1.72. The third kappa shape index (κ3) is 2.35. The van der Waals surface area contributed by atoms with E-state index in [1.54, 1.807) is 12.1 Å². The molecule has 0 radical (unpaired) electrons. The molecule has 0 unspecified atom stereocenters. The topological polar surface area (TPSA) is 57.8 Å². The van der Waals surface area contributed by atoms with Gasteiger partial charge >= 0.3 is 0 Å². The normalized spacial score (nSPS) is 14.2. The molecular formula is C17H14FN3O. The van der Waals surface area contributed by atoms with Crippen LogP contribution in [0.15, 0.2) is 42.5 Å². The molecule has 4 rings (SSSR count). The average molecular weight is 295 g/mol. The second-order valence-corrected chi connectivity index (χ2v) is 5.60. The smallest absolute Gasteiger partial charge is 0.227 e. The number of nitrogens with one attached hydrogen (secondary N) is 2. The van der Waals surface area contributed by atoms with Gasteiger partial charge in [-0.15, -0.1) is 0 Å². The Kier molecular flexibility index (Phi) is 2.92. The fraction of sp³-hybridized carbons (Fsp3) is 0.176. The first-order chi connectivity index (χ1) is 10.7. The first-order valence-electron chi connectivity index (χ1n) is 7.25. The molecule has 110 valence electrons. The van der Waals surface area contributed by atoms with Crippen LogP contribution in [-0.4, -0.2) is 16.1 Å². The summed E-state index contributed by atoms with van der Waals surface area (Å²) in [7, 11) is 0. The summed E-state index contributed by atoms with van der Waals surface area (Å²) in [5, 5.41) is 11.1. The largest absolute Gasteiger partial charge is 0.326 e. The SMILES string of the molecule is O=C(Nc1ccc2[nH]nc(-c3ccc(F)cc3)c2c1)C1CC1. The summed E-state index contributed by atoms with van der Waals surface area (Å²) in [6.07, 6.45) is 1.95. The first kappa shape index (κ1) is 13.0. The van der Waals surface area contributed by atoms with E-state index in [0.29, 0.717) is 0 Å². The summed E-state index contributed by atoms with van der Waals surface area (Å²) in [5.41, 5.74) is 3.22. The lowest BCUT2D eigenvalue weighted by atomic mass is 10.1. The number of rotatable bonds is 3. The summed E-state index contributed by atoms with van der Waals surface area (Å²) >= 11 is 0. The molecule has 0 spiro atoms. The molecule has 1 fully saturated rings. The average Bonchev–Trinajstić information content (AvgIpc) is 3.29. The number of benzene rings is 2. The van der Waals surface area contributed by atoms with Crippen molar-refractivity contribution in [1.29, 1.82) is 0 Å². The highest BCUT2D eigenvalue weighted by atomic mass is 19.1. The van der Waals surface area contributed by atoms with Crippen LogP contribution in [0.2, 0.25) is 0 Å². The second kappa shape index (κ2) is 4.94. The number of nitrogens with zero attached hydrogens (tertiary/aromatic N) is 1. The summed E-state index contributed by atoms with van der Waals surface area (Å²) in [4.78, 5) is 11.9. The lowest BCUT2D eigenvalue weighted by Crippen LogP contribution is -2.12. The lowest BCUT2D eigenvalue weighted by Gasteiger charge is -2.04. The molecule has 1 aliphatic carbocycles. The van der Waals surface area contributed by atoms with E-state index >= 15 is 0 Å². The maximum absolute atomic E-state index is 13.1. The van der Waals surface area contributed by atoms with Crippen LogP contribution in [0, 0.1) is 11.7 Å². The van der Waals surface area contributed by atoms with E-state index in [9.17, 15) is 9.18 Å². The monoisotopic (exact) mass is 295 g/mol. The summed E-state index contributed by atoms with van der Waals surface area (Å²) in [6.45, 7) is 0. The van der Waals surface area contributed by atoms with Gasteiger partial charge in [0.25, 0.3) is 0 Å². The first-order valence-corrected chi connectivity index (χ1v) is 7.25. The molecule has 1 aliphatic rings. The number of hydrogen-bond donors (Lipinski definition) is 2. The van der Waals surface area contributed by atoms with Crippen LogP contribution in [-0.2, 0) is 4.79 Å². The van der Waals surface area contributed by atoms with Gasteiger partial charge in [-0.3, -0.25) is 9.89 Å². The molecule has 1 heterocycles. The maximum atomic E-state index is 13.1. The molecule has 4 nitrogen and oxygen atoms in total. The number of halogens is 1. The van der Waals surface area contributed by atoms with Gasteiger partial charge in [-0.2, -0.15) is 5.10 Å². The van der Waals surface area contributed by atoms with E-state index in [-0.39, 0.29) is 17.6 Å². The van der Waals surface area contributed by atoms with Crippen molar-refractivity contribution >= 4 is 22.5 Å². The van der Waals surface area contributed by atoms with Crippen molar-refractivity contribution in [3.63, 3.8) is 0 Å². The molecule has 1 amide bonds. The van der Waals surface area contributed by atoms with Crippen LogP contribution < -0.4 is 5.32 Å². The van der Waals surface area contributed by atoms with E-state index in [1.807, 2.05) is 18.2 Å². The minimum absolute atomic E-state index is 0.0752. The zero-order valence-corrected chi connectivity index (χ0v) is 11.8. The quantitative estimate of drug-likeness (QED) is 0.773. The Bertz CT molecular complexity index is 850. The van der Waals surface area contributed by atoms with Crippen LogP contribution in [0.1, 0.15) is 12.8 Å². The van der Waals surface area contributed by atoms with Gasteiger partial charge in [0, 0.05) is 22.6 Å². The van der Waals surface area contributed by atoms with Crippen molar-refractivity contribution in [2.45, 2.75) is 12.8 Å².